The number of hydrogen-bond donors (Lipinski definition) is 2. The number of thioether (sulfide) groups is 1. The topological polar surface area (TPSA) is 55.1 Å². The molecule has 0 saturated carbocycles. The molecule has 16 heavy (non-hydrogen) atoms. The molecule has 0 spiro atoms. The molecule has 3 N–H and O–H groups in total. The molecule has 3 nitrogen and oxygen atoms in total. The van der Waals surface area contributed by atoms with E-state index in [1.165, 1.54) is 12.8 Å². The van der Waals surface area contributed by atoms with Crippen LogP contribution < -0.4 is 11.1 Å². The number of amides is 1. The quantitative estimate of drug-likeness (QED) is 0.431. The third kappa shape index (κ3) is 8.80. The van der Waals surface area contributed by atoms with Gasteiger partial charge in [-0.2, -0.15) is 11.8 Å². The third-order valence-corrected chi connectivity index (χ3v) is 3.30. The predicted molar refractivity (Wildman–Crippen MR) is 72.6 cm³/mol. The lowest BCUT2D eigenvalue weighted by atomic mass is 10.2. The molecule has 0 bridgehead atoms. The summed E-state index contributed by atoms with van der Waals surface area (Å²) in [6.45, 7) is 6.70. The van der Waals surface area contributed by atoms with Gasteiger partial charge in [0.15, 0.2) is 0 Å². The second-order valence-electron chi connectivity index (χ2n) is 3.77. The van der Waals surface area contributed by atoms with Crippen LogP contribution in [0.25, 0.3) is 0 Å². The first kappa shape index (κ1) is 15.5. The molecule has 0 heterocycles. The normalized spacial score (nSPS) is 12.3. The molecule has 1 atom stereocenters. The zero-order valence-electron chi connectivity index (χ0n) is 10.2. The van der Waals surface area contributed by atoms with Crippen molar-refractivity contribution < 1.29 is 4.79 Å². The van der Waals surface area contributed by atoms with Crippen molar-refractivity contribution in [1.82, 2.24) is 5.32 Å². The van der Waals surface area contributed by atoms with Crippen LogP contribution in [0.1, 0.15) is 32.6 Å². The van der Waals surface area contributed by atoms with Gasteiger partial charge in [-0.25, -0.2) is 0 Å². The zero-order valence-corrected chi connectivity index (χ0v) is 11.0. The lowest BCUT2D eigenvalue weighted by Crippen LogP contribution is -2.42. The van der Waals surface area contributed by atoms with E-state index in [1.54, 1.807) is 11.8 Å². The van der Waals surface area contributed by atoms with Gasteiger partial charge in [0, 0.05) is 5.75 Å². The highest BCUT2D eigenvalue weighted by atomic mass is 32.2. The molecule has 0 aliphatic heterocycles. The SMILES string of the molecule is C=CCSCCC(NCCCCC)C(N)=O. The summed E-state index contributed by atoms with van der Waals surface area (Å²) >= 11 is 1.78. The number of nitrogens with one attached hydrogen (secondary N) is 1. The van der Waals surface area contributed by atoms with E-state index in [2.05, 4.69) is 18.8 Å². The Balaban J connectivity index is 3.62. The highest BCUT2D eigenvalue weighted by molar-refractivity contribution is 7.99. The maximum atomic E-state index is 11.2. The van der Waals surface area contributed by atoms with Crippen LogP contribution in [-0.4, -0.2) is 30.0 Å². The lowest BCUT2D eigenvalue weighted by molar-refractivity contribution is -0.120. The van der Waals surface area contributed by atoms with E-state index in [1.807, 2.05) is 6.08 Å². The highest BCUT2D eigenvalue weighted by Crippen LogP contribution is 2.05. The minimum Gasteiger partial charge on any atom is -0.368 e. The van der Waals surface area contributed by atoms with Crippen LogP contribution in [0.4, 0.5) is 0 Å². The number of unbranched alkanes of at least 4 members (excludes halogenated alkanes) is 2. The van der Waals surface area contributed by atoms with Crippen molar-refractivity contribution in [1.29, 1.82) is 0 Å². The Kier molecular flexibility index (Phi) is 10.7. The zero-order chi connectivity index (χ0) is 12.2. The number of nitrogens with two attached hydrogens (primary N) is 1. The van der Waals surface area contributed by atoms with Crippen molar-refractivity contribution in [2.45, 2.75) is 38.6 Å². The van der Waals surface area contributed by atoms with E-state index in [9.17, 15) is 4.79 Å². The molecule has 0 aliphatic rings. The van der Waals surface area contributed by atoms with Gasteiger partial charge < -0.3 is 11.1 Å². The first-order valence-electron chi connectivity index (χ1n) is 5.93. The van der Waals surface area contributed by atoms with E-state index in [4.69, 9.17) is 5.73 Å². The Labute approximate surface area is 103 Å². The van der Waals surface area contributed by atoms with Gasteiger partial charge in [-0.3, -0.25) is 4.79 Å². The second kappa shape index (κ2) is 11.0. The highest BCUT2D eigenvalue weighted by Gasteiger charge is 2.13. The fourth-order valence-electron chi connectivity index (χ4n) is 1.36. The van der Waals surface area contributed by atoms with Gasteiger partial charge in [-0.1, -0.05) is 25.8 Å². The van der Waals surface area contributed by atoms with Crippen molar-refractivity contribution in [3.05, 3.63) is 12.7 Å². The number of primary amides is 1. The van der Waals surface area contributed by atoms with Gasteiger partial charge in [0.1, 0.15) is 0 Å². The van der Waals surface area contributed by atoms with Crippen molar-refractivity contribution >= 4 is 17.7 Å². The molecule has 0 radical (unpaired) electrons. The van der Waals surface area contributed by atoms with E-state index in [0.29, 0.717) is 0 Å². The monoisotopic (exact) mass is 244 g/mol. The summed E-state index contributed by atoms with van der Waals surface area (Å²) in [5.41, 5.74) is 5.34. The maximum absolute atomic E-state index is 11.2. The fourth-order valence-corrected chi connectivity index (χ4v) is 2.10. The van der Waals surface area contributed by atoms with E-state index >= 15 is 0 Å². The van der Waals surface area contributed by atoms with E-state index in [0.717, 1.165) is 30.9 Å². The number of carbonyl (C=O) groups excluding carboxylic acids is 1. The summed E-state index contributed by atoms with van der Waals surface area (Å²) in [4.78, 5) is 11.2. The van der Waals surface area contributed by atoms with Gasteiger partial charge in [-0.05, 0) is 25.1 Å². The third-order valence-electron chi connectivity index (χ3n) is 2.30. The number of hydrogen-bond acceptors (Lipinski definition) is 3. The van der Waals surface area contributed by atoms with Crippen LogP contribution in [0.2, 0.25) is 0 Å². The predicted octanol–water partition coefficient (Wildman–Crippen LogP) is 1.93. The van der Waals surface area contributed by atoms with Crippen molar-refractivity contribution in [3.63, 3.8) is 0 Å². The summed E-state index contributed by atoms with van der Waals surface area (Å²) in [5.74, 6) is 1.64. The average molecular weight is 244 g/mol. The van der Waals surface area contributed by atoms with E-state index < -0.39 is 0 Å². The second-order valence-corrected chi connectivity index (χ2v) is 4.92. The largest absolute Gasteiger partial charge is 0.368 e. The van der Waals surface area contributed by atoms with Crippen LogP contribution in [0.3, 0.4) is 0 Å². The minimum absolute atomic E-state index is 0.172. The van der Waals surface area contributed by atoms with Crippen LogP contribution >= 0.6 is 11.8 Å². The van der Waals surface area contributed by atoms with Crippen LogP contribution in [0.5, 0.6) is 0 Å². The van der Waals surface area contributed by atoms with Gasteiger partial charge in [0.05, 0.1) is 6.04 Å². The summed E-state index contributed by atoms with van der Waals surface area (Å²) in [5, 5.41) is 3.22. The summed E-state index contributed by atoms with van der Waals surface area (Å²) in [6.07, 6.45) is 6.18. The van der Waals surface area contributed by atoms with Crippen LogP contribution in [0, 0.1) is 0 Å². The lowest BCUT2D eigenvalue weighted by Gasteiger charge is -2.14. The van der Waals surface area contributed by atoms with E-state index in [-0.39, 0.29) is 11.9 Å². The number of rotatable bonds is 11. The van der Waals surface area contributed by atoms with Crippen molar-refractivity contribution in [2.75, 3.05) is 18.1 Å². The molecule has 0 aromatic rings. The minimum atomic E-state index is -0.240. The molecule has 4 heteroatoms. The van der Waals surface area contributed by atoms with Gasteiger partial charge >= 0.3 is 0 Å². The van der Waals surface area contributed by atoms with Crippen molar-refractivity contribution in [3.8, 4) is 0 Å². The summed E-state index contributed by atoms with van der Waals surface area (Å²) in [7, 11) is 0. The molecular weight excluding hydrogens is 220 g/mol. The Morgan fingerprint density at radius 1 is 1.56 bits per heavy atom. The molecule has 94 valence electrons. The Hall–Kier alpha value is -0.480. The number of carbonyl (C=O) groups is 1. The van der Waals surface area contributed by atoms with Gasteiger partial charge in [0.2, 0.25) is 5.91 Å². The van der Waals surface area contributed by atoms with Crippen LogP contribution in [0.15, 0.2) is 12.7 Å². The smallest absolute Gasteiger partial charge is 0.234 e. The van der Waals surface area contributed by atoms with Gasteiger partial charge in [-0.15, -0.1) is 6.58 Å². The first-order valence-corrected chi connectivity index (χ1v) is 7.09. The molecule has 0 saturated heterocycles. The first-order chi connectivity index (χ1) is 7.72. The molecule has 0 rings (SSSR count). The molecular formula is C12H24N2OS. The summed E-state index contributed by atoms with van der Waals surface area (Å²) in [6, 6.07) is -0.172. The Morgan fingerprint density at radius 2 is 2.31 bits per heavy atom. The molecule has 1 amide bonds. The Morgan fingerprint density at radius 3 is 2.88 bits per heavy atom. The summed E-state index contributed by atoms with van der Waals surface area (Å²) < 4.78 is 0. The maximum Gasteiger partial charge on any atom is 0.234 e. The van der Waals surface area contributed by atoms with Crippen LogP contribution in [-0.2, 0) is 4.79 Å². The molecule has 0 fully saturated rings. The van der Waals surface area contributed by atoms with Gasteiger partial charge in [0.25, 0.3) is 0 Å². The molecule has 0 aliphatic carbocycles. The fraction of sp³-hybridized carbons (Fsp3) is 0.750. The molecule has 0 aromatic heterocycles. The molecule has 1 unspecified atom stereocenters. The molecule has 0 aromatic carbocycles. The standard InChI is InChI=1S/C12H24N2OS/c1-3-5-6-8-14-11(12(13)15)7-10-16-9-4-2/h4,11,14H,2-3,5-10H2,1H3,(H2,13,15). The van der Waals surface area contributed by atoms with Crippen molar-refractivity contribution in [2.24, 2.45) is 5.73 Å². The average Bonchev–Trinajstić information content (AvgIpc) is 2.26. The Bertz CT molecular complexity index is 197.